The van der Waals surface area contributed by atoms with Crippen molar-refractivity contribution in [1.82, 2.24) is 10.6 Å². The first-order chi connectivity index (χ1) is 9.15. The van der Waals surface area contributed by atoms with Crippen LogP contribution in [0.1, 0.15) is 25.3 Å². The van der Waals surface area contributed by atoms with Crippen molar-refractivity contribution in [2.45, 2.75) is 25.3 Å². The molecule has 4 nitrogen and oxygen atoms in total. The van der Waals surface area contributed by atoms with Crippen LogP contribution in [0.2, 0.25) is 0 Å². The van der Waals surface area contributed by atoms with Gasteiger partial charge in [0.05, 0.1) is 12.1 Å². The second-order valence-corrected chi connectivity index (χ2v) is 5.37. The van der Waals surface area contributed by atoms with E-state index < -0.39 is 5.54 Å². The molecule has 1 aromatic carbocycles. The van der Waals surface area contributed by atoms with Crippen molar-refractivity contribution in [1.29, 1.82) is 0 Å². The van der Waals surface area contributed by atoms with Crippen LogP contribution in [0.5, 0.6) is 0 Å². The minimum absolute atomic E-state index is 0.0434. The molecule has 19 heavy (non-hydrogen) atoms. The van der Waals surface area contributed by atoms with Crippen LogP contribution in [0, 0.1) is 5.92 Å². The van der Waals surface area contributed by atoms with Crippen LogP contribution in [-0.2, 0) is 10.3 Å². The van der Waals surface area contributed by atoms with E-state index >= 15 is 0 Å². The number of aliphatic hydroxyl groups is 1. The Kier molecular flexibility index (Phi) is 4.56. The molecule has 1 saturated heterocycles. The van der Waals surface area contributed by atoms with Gasteiger partial charge in [0.25, 0.3) is 0 Å². The number of piperidine rings is 1. The lowest BCUT2D eigenvalue weighted by Crippen LogP contribution is -2.50. The standard InChI is InChI=1S/C15H22N2O2/c1-15(11-18,13-5-3-2-4-6-13)17-14(19)12-7-9-16-10-8-12/h2-6,12,16,18H,7-11H2,1H3,(H,17,19). The first-order valence-electron chi connectivity index (χ1n) is 6.85. The predicted octanol–water partition coefficient (Wildman–Crippen LogP) is 1.01. The quantitative estimate of drug-likeness (QED) is 0.759. The minimum Gasteiger partial charge on any atom is -0.394 e. The highest BCUT2D eigenvalue weighted by Gasteiger charge is 2.31. The molecular formula is C15H22N2O2. The summed E-state index contributed by atoms with van der Waals surface area (Å²) < 4.78 is 0. The number of rotatable bonds is 4. The summed E-state index contributed by atoms with van der Waals surface area (Å²) in [7, 11) is 0. The average Bonchev–Trinajstić information content (AvgIpc) is 2.49. The van der Waals surface area contributed by atoms with Crippen molar-refractivity contribution in [2.75, 3.05) is 19.7 Å². The van der Waals surface area contributed by atoms with Gasteiger partial charge in [-0.2, -0.15) is 0 Å². The summed E-state index contributed by atoms with van der Waals surface area (Å²) >= 11 is 0. The Bertz CT molecular complexity index is 415. The van der Waals surface area contributed by atoms with Gasteiger partial charge in [-0.05, 0) is 38.4 Å². The fourth-order valence-corrected chi connectivity index (χ4v) is 2.47. The van der Waals surface area contributed by atoms with Gasteiger partial charge in [-0.25, -0.2) is 0 Å². The molecule has 4 heteroatoms. The summed E-state index contributed by atoms with van der Waals surface area (Å²) in [5, 5.41) is 15.9. The van der Waals surface area contributed by atoms with E-state index in [1.54, 1.807) is 0 Å². The van der Waals surface area contributed by atoms with E-state index in [-0.39, 0.29) is 18.4 Å². The average molecular weight is 262 g/mol. The molecule has 3 N–H and O–H groups in total. The van der Waals surface area contributed by atoms with E-state index in [4.69, 9.17) is 0 Å². The van der Waals surface area contributed by atoms with Gasteiger partial charge in [-0.15, -0.1) is 0 Å². The molecule has 1 heterocycles. The molecule has 1 aliphatic heterocycles. The monoisotopic (exact) mass is 262 g/mol. The fourth-order valence-electron chi connectivity index (χ4n) is 2.47. The number of benzene rings is 1. The Morgan fingerprint density at radius 3 is 2.58 bits per heavy atom. The fraction of sp³-hybridized carbons (Fsp3) is 0.533. The van der Waals surface area contributed by atoms with Crippen LogP contribution < -0.4 is 10.6 Å². The van der Waals surface area contributed by atoms with Crippen molar-refractivity contribution in [3.8, 4) is 0 Å². The van der Waals surface area contributed by atoms with Gasteiger partial charge in [0.1, 0.15) is 0 Å². The lowest BCUT2D eigenvalue weighted by atomic mass is 9.90. The van der Waals surface area contributed by atoms with Gasteiger partial charge in [-0.1, -0.05) is 30.3 Å². The summed E-state index contributed by atoms with van der Waals surface area (Å²) in [4.78, 5) is 12.3. The molecule has 1 aromatic rings. The highest BCUT2D eigenvalue weighted by molar-refractivity contribution is 5.79. The first-order valence-corrected chi connectivity index (χ1v) is 6.85. The van der Waals surface area contributed by atoms with Gasteiger partial charge < -0.3 is 15.7 Å². The number of hydrogen-bond donors (Lipinski definition) is 3. The first kappa shape index (κ1) is 14.0. The third kappa shape index (κ3) is 3.33. The van der Waals surface area contributed by atoms with Crippen LogP contribution in [0.15, 0.2) is 30.3 Å². The van der Waals surface area contributed by atoms with Crippen LogP contribution in [0.3, 0.4) is 0 Å². The molecule has 0 saturated carbocycles. The van der Waals surface area contributed by atoms with E-state index in [1.165, 1.54) is 0 Å². The largest absolute Gasteiger partial charge is 0.394 e. The summed E-state index contributed by atoms with van der Waals surface area (Å²) in [6, 6.07) is 9.62. The molecule has 1 unspecified atom stereocenters. The van der Waals surface area contributed by atoms with Crippen LogP contribution in [0.25, 0.3) is 0 Å². The zero-order valence-corrected chi connectivity index (χ0v) is 11.4. The van der Waals surface area contributed by atoms with Gasteiger partial charge in [0, 0.05) is 5.92 Å². The number of carbonyl (C=O) groups excluding carboxylic acids is 1. The Balaban J connectivity index is 2.07. The van der Waals surface area contributed by atoms with Crippen molar-refractivity contribution in [3.63, 3.8) is 0 Å². The molecule has 0 radical (unpaired) electrons. The molecule has 1 fully saturated rings. The Morgan fingerprint density at radius 1 is 1.37 bits per heavy atom. The van der Waals surface area contributed by atoms with E-state index in [0.717, 1.165) is 31.5 Å². The Labute approximate surface area is 114 Å². The highest BCUT2D eigenvalue weighted by atomic mass is 16.3. The lowest BCUT2D eigenvalue weighted by Gasteiger charge is -2.32. The zero-order chi connectivity index (χ0) is 13.7. The minimum atomic E-state index is -0.705. The maximum absolute atomic E-state index is 12.3. The number of amides is 1. The number of aliphatic hydroxyl groups excluding tert-OH is 1. The van der Waals surface area contributed by atoms with Crippen molar-refractivity contribution in [3.05, 3.63) is 35.9 Å². The summed E-state index contributed by atoms with van der Waals surface area (Å²) in [5.74, 6) is 0.0951. The Hall–Kier alpha value is -1.39. The van der Waals surface area contributed by atoms with Gasteiger partial charge in [-0.3, -0.25) is 4.79 Å². The second kappa shape index (κ2) is 6.17. The maximum atomic E-state index is 12.3. The van der Waals surface area contributed by atoms with Gasteiger partial charge in [0.2, 0.25) is 5.91 Å². The number of hydrogen-bond acceptors (Lipinski definition) is 3. The third-order valence-corrected chi connectivity index (χ3v) is 3.84. The van der Waals surface area contributed by atoms with E-state index in [0.29, 0.717) is 0 Å². The summed E-state index contributed by atoms with van der Waals surface area (Å²) in [6.45, 7) is 3.54. The summed E-state index contributed by atoms with van der Waals surface area (Å²) in [5.41, 5.74) is 0.225. The van der Waals surface area contributed by atoms with E-state index in [2.05, 4.69) is 10.6 Å². The molecule has 104 valence electrons. The maximum Gasteiger partial charge on any atom is 0.223 e. The number of carbonyl (C=O) groups is 1. The molecule has 1 atom stereocenters. The molecular weight excluding hydrogens is 240 g/mol. The molecule has 0 aliphatic carbocycles. The molecule has 2 rings (SSSR count). The van der Waals surface area contributed by atoms with Crippen LogP contribution >= 0.6 is 0 Å². The molecule has 1 amide bonds. The van der Waals surface area contributed by atoms with E-state index in [9.17, 15) is 9.90 Å². The highest BCUT2D eigenvalue weighted by Crippen LogP contribution is 2.22. The van der Waals surface area contributed by atoms with E-state index in [1.807, 2.05) is 37.3 Å². The SMILES string of the molecule is CC(CO)(NC(=O)C1CCNCC1)c1ccccc1. The van der Waals surface area contributed by atoms with Gasteiger partial charge >= 0.3 is 0 Å². The predicted molar refractivity (Wildman–Crippen MR) is 74.6 cm³/mol. The second-order valence-electron chi connectivity index (χ2n) is 5.37. The molecule has 0 spiro atoms. The molecule has 0 bridgehead atoms. The summed E-state index contributed by atoms with van der Waals surface area (Å²) in [6.07, 6.45) is 1.73. The van der Waals surface area contributed by atoms with Crippen LogP contribution in [0.4, 0.5) is 0 Å². The van der Waals surface area contributed by atoms with Crippen LogP contribution in [-0.4, -0.2) is 30.7 Å². The zero-order valence-electron chi connectivity index (χ0n) is 11.4. The Morgan fingerprint density at radius 2 is 2.00 bits per heavy atom. The van der Waals surface area contributed by atoms with Gasteiger partial charge in [0.15, 0.2) is 0 Å². The molecule has 1 aliphatic rings. The smallest absolute Gasteiger partial charge is 0.223 e. The number of nitrogens with one attached hydrogen (secondary N) is 2. The van der Waals surface area contributed by atoms with Crippen molar-refractivity contribution < 1.29 is 9.90 Å². The van der Waals surface area contributed by atoms with Crippen molar-refractivity contribution >= 4 is 5.91 Å². The van der Waals surface area contributed by atoms with Crippen molar-refractivity contribution in [2.24, 2.45) is 5.92 Å². The lowest BCUT2D eigenvalue weighted by molar-refractivity contribution is -0.128. The third-order valence-electron chi connectivity index (χ3n) is 3.84. The normalized spacial score (nSPS) is 19.7. The molecule has 0 aromatic heterocycles. The topological polar surface area (TPSA) is 61.4 Å².